The number of allylic oxidation sites excluding steroid dienone is 5. The molecule has 0 aliphatic carbocycles. The molecule has 3 nitrogen and oxygen atoms in total. The van der Waals surface area contributed by atoms with Gasteiger partial charge in [0, 0.05) is 6.08 Å². The monoisotopic (exact) mass is 320 g/mol. The fourth-order valence-corrected chi connectivity index (χ4v) is 2.12. The Morgan fingerprint density at radius 3 is 2.09 bits per heavy atom. The number of esters is 1. The highest BCUT2D eigenvalue weighted by Crippen LogP contribution is 2.09. The van der Waals surface area contributed by atoms with Gasteiger partial charge in [-0.2, -0.15) is 0 Å². The van der Waals surface area contributed by atoms with Gasteiger partial charge in [0.05, 0.1) is 6.61 Å². The second-order valence-electron chi connectivity index (χ2n) is 5.54. The summed E-state index contributed by atoms with van der Waals surface area (Å²) in [5, 5.41) is 0. The molecule has 0 atom stereocenters. The Morgan fingerprint density at radius 2 is 1.43 bits per heavy atom. The van der Waals surface area contributed by atoms with Crippen molar-refractivity contribution in [2.75, 3.05) is 6.61 Å². The third kappa shape index (κ3) is 16.6. The van der Waals surface area contributed by atoms with Gasteiger partial charge < -0.3 is 4.74 Å². The molecule has 0 aromatic heterocycles. The normalized spacial score (nSPS) is 11.7. The van der Waals surface area contributed by atoms with Crippen LogP contribution in [0.2, 0.25) is 0 Å². The number of carbonyl (C=O) groups is 2. The largest absolute Gasteiger partial charge is 0.463 e. The van der Waals surface area contributed by atoms with E-state index in [2.05, 4.69) is 13.0 Å². The molecule has 0 N–H and O–H groups in total. The molecule has 130 valence electrons. The van der Waals surface area contributed by atoms with Crippen LogP contribution in [0.25, 0.3) is 0 Å². The molecular formula is C20H32O3. The Bertz CT molecular complexity index is 392. The fraction of sp³-hybridized carbons (Fsp3) is 0.600. The molecule has 3 heteroatoms. The molecule has 0 radical (unpaired) electrons. The SMILES string of the molecule is CCCCCCCCCCC=CC=CC(=O)C=CC(=O)OCC. The lowest BCUT2D eigenvalue weighted by Gasteiger charge is -1.99. The molecule has 0 aliphatic heterocycles. The Hall–Kier alpha value is -1.64. The van der Waals surface area contributed by atoms with Crippen LogP contribution in [0.3, 0.4) is 0 Å². The molecule has 0 bridgehead atoms. The summed E-state index contributed by atoms with van der Waals surface area (Å²) in [6, 6.07) is 0. The van der Waals surface area contributed by atoms with Gasteiger partial charge in [-0.1, -0.05) is 70.1 Å². The Labute approximate surface area is 141 Å². The summed E-state index contributed by atoms with van der Waals surface area (Å²) >= 11 is 0. The van der Waals surface area contributed by atoms with Crippen LogP contribution in [0.1, 0.15) is 71.6 Å². The number of ketones is 1. The van der Waals surface area contributed by atoms with Crippen LogP contribution in [0.15, 0.2) is 36.5 Å². The first-order chi connectivity index (χ1) is 11.2. The van der Waals surface area contributed by atoms with E-state index in [0.717, 1.165) is 12.5 Å². The van der Waals surface area contributed by atoms with E-state index in [1.54, 1.807) is 13.0 Å². The number of hydrogen-bond donors (Lipinski definition) is 0. The number of ether oxygens (including phenoxy) is 1. The molecular weight excluding hydrogens is 288 g/mol. The van der Waals surface area contributed by atoms with Gasteiger partial charge in [0.1, 0.15) is 0 Å². The summed E-state index contributed by atoms with van der Waals surface area (Å²) in [4.78, 5) is 22.4. The molecule has 23 heavy (non-hydrogen) atoms. The van der Waals surface area contributed by atoms with Crippen LogP contribution in [-0.4, -0.2) is 18.4 Å². The summed E-state index contributed by atoms with van der Waals surface area (Å²) in [6.07, 6.45) is 21.1. The zero-order valence-corrected chi connectivity index (χ0v) is 14.8. The minimum Gasteiger partial charge on any atom is -0.463 e. The van der Waals surface area contributed by atoms with E-state index < -0.39 is 5.97 Å². The lowest BCUT2D eigenvalue weighted by molar-refractivity contribution is -0.137. The fourth-order valence-electron chi connectivity index (χ4n) is 2.12. The standard InChI is InChI=1S/C20H32O3/c1-3-5-6-7-8-9-10-11-12-13-14-15-16-19(21)17-18-20(22)23-4-2/h13-18H,3-12H2,1-2H3. The first kappa shape index (κ1) is 21.4. The highest BCUT2D eigenvalue weighted by atomic mass is 16.5. The van der Waals surface area contributed by atoms with Gasteiger partial charge in [0.25, 0.3) is 0 Å². The molecule has 0 unspecified atom stereocenters. The van der Waals surface area contributed by atoms with E-state index in [1.807, 2.05) is 6.08 Å². The topological polar surface area (TPSA) is 43.4 Å². The van der Waals surface area contributed by atoms with Crippen molar-refractivity contribution in [3.63, 3.8) is 0 Å². The van der Waals surface area contributed by atoms with Crippen molar-refractivity contribution in [2.45, 2.75) is 71.6 Å². The van der Waals surface area contributed by atoms with Crippen molar-refractivity contribution in [1.29, 1.82) is 0 Å². The maximum Gasteiger partial charge on any atom is 0.330 e. The molecule has 0 aromatic rings. The second-order valence-corrected chi connectivity index (χ2v) is 5.54. The van der Waals surface area contributed by atoms with Crippen molar-refractivity contribution in [2.24, 2.45) is 0 Å². The second kappa shape index (κ2) is 16.7. The summed E-state index contributed by atoms with van der Waals surface area (Å²) < 4.78 is 4.69. The van der Waals surface area contributed by atoms with Crippen molar-refractivity contribution in [1.82, 2.24) is 0 Å². The van der Waals surface area contributed by atoms with E-state index in [-0.39, 0.29) is 5.78 Å². The Morgan fingerprint density at radius 1 is 0.783 bits per heavy atom. The molecule has 0 fully saturated rings. The minimum atomic E-state index is -0.487. The molecule has 0 saturated carbocycles. The van der Waals surface area contributed by atoms with Gasteiger partial charge in [-0.05, 0) is 31.9 Å². The van der Waals surface area contributed by atoms with Crippen LogP contribution in [0.5, 0.6) is 0 Å². The highest BCUT2D eigenvalue weighted by molar-refractivity contribution is 6.02. The Balaban J connectivity index is 3.58. The van der Waals surface area contributed by atoms with E-state index in [1.165, 1.54) is 63.5 Å². The third-order valence-electron chi connectivity index (χ3n) is 3.40. The minimum absolute atomic E-state index is 0.213. The molecule has 0 saturated heterocycles. The summed E-state index contributed by atoms with van der Waals surface area (Å²) in [5.74, 6) is -0.700. The van der Waals surface area contributed by atoms with Crippen molar-refractivity contribution >= 4 is 11.8 Å². The van der Waals surface area contributed by atoms with E-state index in [0.29, 0.717) is 6.61 Å². The summed E-state index contributed by atoms with van der Waals surface area (Å²) in [7, 11) is 0. The van der Waals surface area contributed by atoms with Crippen LogP contribution >= 0.6 is 0 Å². The van der Waals surface area contributed by atoms with Gasteiger partial charge in [0.2, 0.25) is 0 Å². The first-order valence-electron chi connectivity index (χ1n) is 8.92. The first-order valence-corrected chi connectivity index (χ1v) is 8.92. The van der Waals surface area contributed by atoms with E-state index in [9.17, 15) is 9.59 Å². The predicted molar refractivity (Wildman–Crippen MR) is 96.3 cm³/mol. The third-order valence-corrected chi connectivity index (χ3v) is 3.40. The predicted octanol–water partition coefficient (Wildman–Crippen LogP) is 5.32. The average molecular weight is 320 g/mol. The zero-order chi connectivity index (χ0) is 17.2. The molecule has 0 aliphatic rings. The van der Waals surface area contributed by atoms with E-state index in [4.69, 9.17) is 4.74 Å². The highest BCUT2D eigenvalue weighted by Gasteiger charge is 1.94. The van der Waals surface area contributed by atoms with Gasteiger partial charge in [-0.15, -0.1) is 0 Å². The molecule has 0 rings (SSSR count). The van der Waals surface area contributed by atoms with Gasteiger partial charge in [0.15, 0.2) is 5.78 Å². The maximum atomic E-state index is 11.4. The maximum absolute atomic E-state index is 11.4. The summed E-state index contributed by atoms with van der Waals surface area (Å²) in [6.45, 7) is 4.28. The van der Waals surface area contributed by atoms with Crippen LogP contribution in [-0.2, 0) is 14.3 Å². The average Bonchev–Trinajstić information content (AvgIpc) is 2.54. The van der Waals surface area contributed by atoms with Crippen molar-refractivity contribution in [3.05, 3.63) is 36.5 Å². The van der Waals surface area contributed by atoms with Crippen LogP contribution in [0, 0.1) is 0 Å². The molecule has 0 spiro atoms. The molecule has 0 amide bonds. The van der Waals surface area contributed by atoms with Gasteiger partial charge >= 0.3 is 5.97 Å². The lowest BCUT2D eigenvalue weighted by atomic mass is 10.1. The summed E-state index contributed by atoms with van der Waals surface area (Å²) in [5.41, 5.74) is 0. The number of hydrogen-bond acceptors (Lipinski definition) is 3. The van der Waals surface area contributed by atoms with Crippen molar-refractivity contribution in [3.8, 4) is 0 Å². The van der Waals surface area contributed by atoms with Crippen molar-refractivity contribution < 1.29 is 14.3 Å². The quantitative estimate of drug-likeness (QED) is 0.188. The lowest BCUT2D eigenvalue weighted by Crippen LogP contribution is -2.00. The molecule has 0 heterocycles. The Kier molecular flexibility index (Phi) is 15.5. The number of unbranched alkanes of at least 4 members (excludes halogenated alkanes) is 8. The van der Waals surface area contributed by atoms with E-state index >= 15 is 0 Å². The van der Waals surface area contributed by atoms with Gasteiger partial charge in [-0.25, -0.2) is 4.79 Å². The molecule has 0 aromatic carbocycles. The number of carbonyl (C=O) groups excluding carboxylic acids is 2. The van der Waals surface area contributed by atoms with Crippen LogP contribution in [0.4, 0.5) is 0 Å². The zero-order valence-electron chi connectivity index (χ0n) is 14.8. The smallest absolute Gasteiger partial charge is 0.330 e. The number of rotatable bonds is 14. The van der Waals surface area contributed by atoms with Crippen LogP contribution < -0.4 is 0 Å². The van der Waals surface area contributed by atoms with Gasteiger partial charge in [-0.3, -0.25) is 4.79 Å².